The molecular weight excluding hydrogens is 308 g/mol. The van der Waals surface area contributed by atoms with Crippen LogP contribution in [0.2, 0.25) is 0 Å². The first-order valence-corrected chi connectivity index (χ1v) is 9.70. The molecule has 116 valence electrons. The van der Waals surface area contributed by atoms with E-state index in [9.17, 15) is 8.42 Å². The summed E-state index contributed by atoms with van der Waals surface area (Å²) in [6.07, 6.45) is 1.69. The summed E-state index contributed by atoms with van der Waals surface area (Å²) in [4.78, 5) is 0. The van der Waals surface area contributed by atoms with Crippen molar-refractivity contribution in [2.45, 2.75) is 12.2 Å². The average Bonchev–Trinajstić information content (AvgIpc) is 2.43. The van der Waals surface area contributed by atoms with Crippen LogP contribution in [0, 0.1) is 11.8 Å². The highest BCUT2D eigenvalue weighted by Gasteiger charge is 2.06. The van der Waals surface area contributed by atoms with Crippen molar-refractivity contribution in [3.63, 3.8) is 0 Å². The second-order valence-corrected chi connectivity index (χ2v) is 7.85. The summed E-state index contributed by atoms with van der Waals surface area (Å²) in [5.74, 6) is 8.04. The quantitative estimate of drug-likeness (QED) is 0.610. The summed E-state index contributed by atoms with van der Waals surface area (Å²) in [6, 6.07) is 5.67. The molecule has 21 heavy (non-hydrogen) atoms. The molecule has 1 aromatic rings. The maximum Gasteiger partial charge on any atom is 0.148 e. The number of aliphatic hydroxyl groups excluding tert-OH is 1. The zero-order valence-corrected chi connectivity index (χ0v) is 13.9. The monoisotopic (exact) mass is 328 g/mol. The van der Waals surface area contributed by atoms with Crippen LogP contribution in [0.1, 0.15) is 17.5 Å². The fourth-order valence-electron chi connectivity index (χ4n) is 1.58. The molecule has 0 amide bonds. The second kappa shape index (κ2) is 8.98. The van der Waals surface area contributed by atoms with Crippen LogP contribution in [0.4, 0.5) is 0 Å². The van der Waals surface area contributed by atoms with Crippen LogP contribution in [0.3, 0.4) is 0 Å². The Morgan fingerprint density at radius 3 is 2.76 bits per heavy atom. The summed E-state index contributed by atoms with van der Waals surface area (Å²) in [5.41, 5.74) is 1.86. The zero-order chi connectivity index (χ0) is 15.7. The Bertz CT molecular complexity index is 612. The normalized spacial score (nSPS) is 10.8. The number of sulfone groups is 1. The molecule has 1 rings (SSSR count). The summed E-state index contributed by atoms with van der Waals surface area (Å²) in [5, 5.41) is 8.72. The summed E-state index contributed by atoms with van der Waals surface area (Å²) in [7, 11) is -1.31. The predicted molar refractivity (Wildman–Crippen MR) is 87.4 cm³/mol. The van der Waals surface area contributed by atoms with Crippen LogP contribution in [0.5, 0.6) is 5.75 Å². The van der Waals surface area contributed by atoms with Crippen molar-refractivity contribution in [1.82, 2.24) is 0 Å². The largest absolute Gasteiger partial charge is 0.496 e. The summed E-state index contributed by atoms with van der Waals surface area (Å²) in [6.45, 7) is 0.0529. The van der Waals surface area contributed by atoms with Crippen LogP contribution in [0.15, 0.2) is 18.2 Å². The van der Waals surface area contributed by atoms with Crippen LogP contribution in [-0.2, 0) is 15.6 Å². The minimum atomic E-state index is -2.92. The Labute approximate surface area is 130 Å². The highest BCUT2D eigenvalue weighted by atomic mass is 32.2. The van der Waals surface area contributed by atoms with Gasteiger partial charge in [-0.15, -0.1) is 0 Å². The van der Waals surface area contributed by atoms with Gasteiger partial charge in [-0.3, -0.25) is 0 Å². The van der Waals surface area contributed by atoms with E-state index in [-0.39, 0.29) is 12.4 Å². The molecule has 0 atom stereocenters. The lowest BCUT2D eigenvalue weighted by atomic mass is 10.1. The zero-order valence-electron chi connectivity index (χ0n) is 12.3. The summed E-state index contributed by atoms with van der Waals surface area (Å²) < 4.78 is 27.5. The summed E-state index contributed by atoms with van der Waals surface area (Å²) >= 11 is 1.55. The number of rotatable bonds is 7. The molecule has 0 aliphatic carbocycles. The van der Waals surface area contributed by atoms with Gasteiger partial charge in [0, 0.05) is 35.3 Å². The van der Waals surface area contributed by atoms with E-state index in [1.807, 2.05) is 18.2 Å². The maximum atomic E-state index is 11.1. The van der Waals surface area contributed by atoms with E-state index < -0.39 is 9.84 Å². The molecule has 0 unspecified atom stereocenters. The second-order valence-electron chi connectivity index (χ2n) is 4.48. The molecule has 0 saturated carbocycles. The van der Waals surface area contributed by atoms with Crippen molar-refractivity contribution in [1.29, 1.82) is 0 Å². The van der Waals surface area contributed by atoms with Gasteiger partial charge in [-0.25, -0.2) is 8.42 Å². The fraction of sp³-hybridized carbons (Fsp3) is 0.467. The number of hydrogen-bond acceptors (Lipinski definition) is 5. The molecule has 0 saturated heterocycles. The fourth-order valence-corrected chi connectivity index (χ4v) is 3.85. The molecule has 0 bridgehead atoms. The number of benzene rings is 1. The predicted octanol–water partition coefficient (Wildman–Crippen LogP) is 1.71. The van der Waals surface area contributed by atoms with E-state index in [0.29, 0.717) is 17.9 Å². The Hall–Kier alpha value is -1.16. The van der Waals surface area contributed by atoms with Gasteiger partial charge < -0.3 is 9.84 Å². The molecule has 0 heterocycles. The number of methoxy groups -OCH3 is 1. The number of aliphatic hydroxyl groups is 1. The average molecular weight is 328 g/mol. The van der Waals surface area contributed by atoms with E-state index in [4.69, 9.17) is 9.84 Å². The van der Waals surface area contributed by atoms with Gasteiger partial charge in [0.1, 0.15) is 15.6 Å². The van der Waals surface area contributed by atoms with Crippen molar-refractivity contribution >= 4 is 21.6 Å². The van der Waals surface area contributed by atoms with Crippen LogP contribution < -0.4 is 4.74 Å². The molecule has 0 aliphatic rings. The van der Waals surface area contributed by atoms with Crippen molar-refractivity contribution < 1.29 is 18.3 Å². The maximum absolute atomic E-state index is 11.1. The van der Waals surface area contributed by atoms with Gasteiger partial charge in [0.2, 0.25) is 0 Å². The van der Waals surface area contributed by atoms with Crippen LogP contribution in [-0.4, -0.2) is 45.0 Å². The third-order valence-electron chi connectivity index (χ3n) is 2.61. The molecule has 1 N–H and O–H groups in total. The van der Waals surface area contributed by atoms with Gasteiger partial charge in [-0.05, 0) is 18.2 Å². The van der Waals surface area contributed by atoms with E-state index in [0.717, 1.165) is 16.9 Å². The first kappa shape index (κ1) is 17.9. The van der Waals surface area contributed by atoms with Gasteiger partial charge in [0.05, 0.1) is 19.5 Å². The number of thioether (sulfide) groups is 1. The molecule has 4 nitrogen and oxygen atoms in total. The molecular formula is C15H20O4S2. The Morgan fingerprint density at radius 1 is 1.38 bits per heavy atom. The lowest BCUT2D eigenvalue weighted by Gasteiger charge is -2.08. The van der Waals surface area contributed by atoms with Gasteiger partial charge in [-0.1, -0.05) is 11.8 Å². The smallest absolute Gasteiger partial charge is 0.148 e. The third-order valence-corrected chi connectivity index (χ3v) is 4.82. The van der Waals surface area contributed by atoms with Gasteiger partial charge in [0.15, 0.2) is 0 Å². The first-order valence-electron chi connectivity index (χ1n) is 6.48. The minimum absolute atomic E-state index is 0.0529. The Balaban J connectivity index is 2.70. The molecule has 0 spiro atoms. The molecule has 0 aromatic heterocycles. The van der Waals surface area contributed by atoms with Crippen LogP contribution in [0.25, 0.3) is 0 Å². The van der Waals surface area contributed by atoms with E-state index in [1.54, 1.807) is 18.9 Å². The van der Waals surface area contributed by atoms with Crippen LogP contribution >= 0.6 is 11.8 Å². The SMILES string of the molecule is COc1ccc(C#CCCO)cc1CSCCS(C)(=O)=O. The van der Waals surface area contributed by atoms with Gasteiger partial charge >= 0.3 is 0 Å². The van der Waals surface area contributed by atoms with Gasteiger partial charge in [0.25, 0.3) is 0 Å². The topological polar surface area (TPSA) is 63.6 Å². The van der Waals surface area contributed by atoms with Gasteiger partial charge in [-0.2, -0.15) is 11.8 Å². The number of hydrogen-bond donors (Lipinski definition) is 1. The highest BCUT2D eigenvalue weighted by molar-refractivity contribution is 7.99. The highest BCUT2D eigenvalue weighted by Crippen LogP contribution is 2.24. The molecule has 0 fully saturated rings. The lowest BCUT2D eigenvalue weighted by Crippen LogP contribution is -2.05. The molecule has 1 aromatic carbocycles. The third kappa shape index (κ3) is 7.42. The van der Waals surface area contributed by atoms with Crippen molar-refractivity contribution in [2.75, 3.05) is 31.5 Å². The Morgan fingerprint density at radius 2 is 2.14 bits per heavy atom. The Kier molecular flexibility index (Phi) is 7.65. The van der Waals surface area contributed by atoms with E-state index in [2.05, 4.69) is 11.8 Å². The van der Waals surface area contributed by atoms with E-state index in [1.165, 1.54) is 6.26 Å². The first-order chi connectivity index (χ1) is 9.96. The van der Waals surface area contributed by atoms with E-state index >= 15 is 0 Å². The minimum Gasteiger partial charge on any atom is -0.496 e. The number of ether oxygens (including phenoxy) is 1. The van der Waals surface area contributed by atoms with Crippen molar-refractivity contribution in [3.05, 3.63) is 29.3 Å². The molecule has 0 radical (unpaired) electrons. The van der Waals surface area contributed by atoms with Crippen molar-refractivity contribution in [2.24, 2.45) is 0 Å². The molecule has 6 heteroatoms. The standard InChI is InChI=1S/C15H20O4S2/c1-19-15-7-6-13(5-3-4-8-16)11-14(15)12-20-9-10-21(2,17)18/h6-7,11,16H,4,8-10,12H2,1-2H3. The van der Waals surface area contributed by atoms with Crippen molar-refractivity contribution in [3.8, 4) is 17.6 Å². The lowest BCUT2D eigenvalue weighted by molar-refractivity contribution is 0.305. The molecule has 0 aliphatic heterocycles.